The first-order chi connectivity index (χ1) is 14.8. The second-order valence-electron chi connectivity index (χ2n) is 8.48. The van der Waals surface area contributed by atoms with Crippen LogP contribution in [-0.4, -0.2) is 59.8 Å². The van der Waals surface area contributed by atoms with Crippen molar-refractivity contribution in [2.24, 2.45) is 0 Å². The molecular weight excluding hydrogens is 440 g/mol. The van der Waals surface area contributed by atoms with E-state index in [9.17, 15) is 13.2 Å². The lowest BCUT2D eigenvalue weighted by Crippen LogP contribution is -2.46. The maximum atomic E-state index is 13.4. The number of carbonyl (C=O) groups excluding carboxylic acids is 1. The van der Waals surface area contributed by atoms with Gasteiger partial charge in [-0.25, -0.2) is 13.1 Å². The minimum Gasteiger partial charge on any atom is -0.376 e. The quantitative estimate of drug-likeness (QED) is 0.747. The fraction of sp³-hybridized carbons (Fsp3) is 0.524. The Hall–Kier alpha value is -2.10. The van der Waals surface area contributed by atoms with Crippen LogP contribution < -0.4 is 5.32 Å². The zero-order chi connectivity index (χ0) is 21.8. The molecule has 2 aromatic rings. The summed E-state index contributed by atoms with van der Waals surface area (Å²) < 4.78 is 31.4. The third-order valence-corrected chi connectivity index (χ3v) is 8.47. The van der Waals surface area contributed by atoms with Gasteiger partial charge >= 0.3 is 0 Å². The number of nitrogens with one attached hydrogen (secondary N) is 1. The number of para-hydroxylation sites is 1. The van der Waals surface area contributed by atoms with Crippen LogP contribution >= 0.6 is 11.6 Å². The highest BCUT2D eigenvalue weighted by Gasteiger charge is 2.39. The third-order valence-electron chi connectivity index (χ3n) is 6.35. The van der Waals surface area contributed by atoms with Gasteiger partial charge in [-0.3, -0.25) is 4.79 Å². The van der Waals surface area contributed by atoms with Crippen LogP contribution in [0.15, 0.2) is 24.3 Å². The van der Waals surface area contributed by atoms with E-state index in [4.69, 9.17) is 16.3 Å². The van der Waals surface area contributed by atoms with E-state index in [2.05, 4.69) is 10.4 Å². The first-order valence-corrected chi connectivity index (χ1v) is 12.8. The largest absolute Gasteiger partial charge is 0.376 e. The van der Waals surface area contributed by atoms with Gasteiger partial charge in [0.05, 0.1) is 40.5 Å². The highest BCUT2D eigenvalue weighted by atomic mass is 35.5. The standard InChI is InChI=1S/C21H25ClN4O4S/c1-13-18(19(22)26(24-13)14-8-10-31(28,29)12-14)20-23-17-7-3-2-6-16(17)21(27)25(20)11-15-5-4-9-30-15/h2-3,6-7,14-15,20,23H,4-5,8-12H2,1H3. The lowest BCUT2D eigenvalue weighted by molar-refractivity contribution is 0.0426. The van der Waals surface area contributed by atoms with E-state index < -0.39 is 16.0 Å². The molecule has 166 valence electrons. The number of benzene rings is 1. The number of nitrogens with zero attached hydrogens (tertiary/aromatic N) is 3. The van der Waals surface area contributed by atoms with Crippen LogP contribution in [0.1, 0.15) is 53.1 Å². The van der Waals surface area contributed by atoms with E-state index >= 15 is 0 Å². The summed E-state index contributed by atoms with van der Waals surface area (Å²) in [5.41, 5.74) is 2.73. The molecule has 8 nitrogen and oxygen atoms in total. The van der Waals surface area contributed by atoms with Crippen molar-refractivity contribution >= 4 is 33.0 Å². The summed E-state index contributed by atoms with van der Waals surface area (Å²) in [5.74, 6) is 0.0924. The summed E-state index contributed by atoms with van der Waals surface area (Å²) in [6, 6.07) is 7.13. The molecule has 10 heteroatoms. The predicted octanol–water partition coefficient (Wildman–Crippen LogP) is 2.95. The van der Waals surface area contributed by atoms with Crippen molar-refractivity contribution in [3.63, 3.8) is 0 Å². The van der Waals surface area contributed by atoms with Crippen LogP contribution in [-0.2, 0) is 14.6 Å². The molecule has 0 spiro atoms. The Balaban J connectivity index is 1.54. The summed E-state index contributed by atoms with van der Waals surface area (Å²) in [6.45, 7) is 3.00. The highest BCUT2D eigenvalue weighted by Crippen LogP contribution is 2.39. The molecule has 1 amide bonds. The second kappa shape index (κ2) is 7.79. The van der Waals surface area contributed by atoms with E-state index in [-0.39, 0.29) is 29.6 Å². The topological polar surface area (TPSA) is 93.5 Å². The van der Waals surface area contributed by atoms with Crippen LogP contribution in [0.2, 0.25) is 5.15 Å². The zero-order valence-corrected chi connectivity index (χ0v) is 18.8. The van der Waals surface area contributed by atoms with Gasteiger partial charge in [0.1, 0.15) is 11.3 Å². The number of halogens is 1. The number of ether oxygens (including phenoxy) is 1. The normalized spacial score (nSPS) is 27.4. The van der Waals surface area contributed by atoms with E-state index in [1.807, 2.05) is 31.2 Å². The monoisotopic (exact) mass is 464 g/mol. The number of fused-ring (bicyclic) bond motifs is 1. The number of sulfone groups is 1. The molecule has 5 rings (SSSR count). The SMILES string of the molecule is Cc1nn(C2CCS(=O)(=O)C2)c(Cl)c1C1Nc2ccccc2C(=O)N1CC1CCCO1. The smallest absolute Gasteiger partial charge is 0.257 e. The van der Waals surface area contributed by atoms with E-state index in [1.54, 1.807) is 9.58 Å². The number of aromatic nitrogens is 2. The Morgan fingerprint density at radius 2 is 2.10 bits per heavy atom. The van der Waals surface area contributed by atoms with Gasteiger partial charge in [-0.05, 0) is 38.3 Å². The van der Waals surface area contributed by atoms with Crippen molar-refractivity contribution in [1.82, 2.24) is 14.7 Å². The van der Waals surface area contributed by atoms with Gasteiger partial charge in [0.2, 0.25) is 0 Å². The molecule has 0 bridgehead atoms. The number of rotatable bonds is 4. The predicted molar refractivity (Wildman–Crippen MR) is 117 cm³/mol. The molecule has 31 heavy (non-hydrogen) atoms. The average molecular weight is 465 g/mol. The maximum absolute atomic E-state index is 13.4. The van der Waals surface area contributed by atoms with Gasteiger partial charge in [-0.15, -0.1) is 0 Å². The van der Waals surface area contributed by atoms with Crippen LogP contribution in [0.25, 0.3) is 0 Å². The summed E-state index contributed by atoms with van der Waals surface area (Å²) >= 11 is 6.79. The number of aryl methyl sites for hydroxylation is 1. The average Bonchev–Trinajstić information content (AvgIpc) is 3.44. The number of hydrogen-bond donors (Lipinski definition) is 1. The minimum absolute atomic E-state index is 0.0207. The number of carbonyl (C=O) groups is 1. The molecule has 4 heterocycles. The van der Waals surface area contributed by atoms with E-state index in [1.165, 1.54) is 0 Å². The Bertz CT molecular complexity index is 1130. The van der Waals surface area contributed by atoms with E-state index in [0.717, 1.165) is 18.5 Å². The van der Waals surface area contributed by atoms with Gasteiger partial charge in [-0.1, -0.05) is 23.7 Å². The van der Waals surface area contributed by atoms with Crippen LogP contribution in [0.3, 0.4) is 0 Å². The summed E-state index contributed by atoms with van der Waals surface area (Å²) in [4.78, 5) is 15.2. The van der Waals surface area contributed by atoms with Gasteiger partial charge in [0.25, 0.3) is 5.91 Å². The lowest BCUT2D eigenvalue weighted by atomic mass is 10.0. The summed E-state index contributed by atoms with van der Waals surface area (Å²) in [7, 11) is -3.08. The fourth-order valence-electron chi connectivity index (χ4n) is 4.77. The van der Waals surface area contributed by atoms with Crippen LogP contribution in [0.4, 0.5) is 5.69 Å². The van der Waals surface area contributed by atoms with Crippen molar-refractivity contribution < 1.29 is 17.9 Å². The lowest BCUT2D eigenvalue weighted by Gasteiger charge is -2.39. The summed E-state index contributed by atoms with van der Waals surface area (Å²) in [5, 5.41) is 8.43. The van der Waals surface area contributed by atoms with Crippen molar-refractivity contribution in [2.45, 2.75) is 44.5 Å². The Morgan fingerprint density at radius 1 is 1.29 bits per heavy atom. The molecule has 3 atom stereocenters. The summed E-state index contributed by atoms with van der Waals surface area (Å²) in [6.07, 6.45) is 1.85. The fourth-order valence-corrected chi connectivity index (χ4v) is 6.88. The van der Waals surface area contributed by atoms with Gasteiger partial charge < -0.3 is 15.0 Å². The second-order valence-corrected chi connectivity index (χ2v) is 11.1. The van der Waals surface area contributed by atoms with E-state index in [0.29, 0.717) is 41.5 Å². The van der Waals surface area contributed by atoms with Crippen molar-refractivity contribution in [1.29, 1.82) is 0 Å². The number of amides is 1. The van der Waals surface area contributed by atoms with Gasteiger partial charge in [-0.2, -0.15) is 5.10 Å². The molecule has 2 saturated heterocycles. The molecule has 2 fully saturated rings. The molecule has 3 aliphatic rings. The third kappa shape index (κ3) is 3.72. The first-order valence-electron chi connectivity index (χ1n) is 10.6. The van der Waals surface area contributed by atoms with Crippen LogP contribution in [0, 0.1) is 6.92 Å². The number of hydrogen-bond acceptors (Lipinski definition) is 6. The molecule has 0 radical (unpaired) electrons. The first kappa shape index (κ1) is 20.8. The molecule has 0 aliphatic carbocycles. The van der Waals surface area contributed by atoms with Crippen molar-refractivity contribution in [3.8, 4) is 0 Å². The molecule has 1 aromatic carbocycles. The van der Waals surface area contributed by atoms with Crippen molar-refractivity contribution in [3.05, 3.63) is 46.2 Å². The van der Waals surface area contributed by atoms with Crippen LogP contribution in [0.5, 0.6) is 0 Å². The molecule has 3 aliphatic heterocycles. The molecule has 1 aromatic heterocycles. The minimum atomic E-state index is -3.08. The molecular formula is C21H25ClN4O4S. The molecule has 3 unspecified atom stereocenters. The maximum Gasteiger partial charge on any atom is 0.257 e. The zero-order valence-electron chi connectivity index (χ0n) is 17.3. The Morgan fingerprint density at radius 3 is 2.81 bits per heavy atom. The Labute approximate surface area is 186 Å². The molecule has 1 N–H and O–H groups in total. The van der Waals surface area contributed by atoms with Gasteiger partial charge in [0.15, 0.2) is 9.84 Å². The Kier molecular flexibility index (Phi) is 5.22. The highest BCUT2D eigenvalue weighted by molar-refractivity contribution is 7.91. The van der Waals surface area contributed by atoms with Crippen molar-refractivity contribution in [2.75, 3.05) is 30.0 Å². The number of anilines is 1. The van der Waals surface area contributed by atoms with Gasteiger partial charge in [0, 0.05) is 18.8 Å². The molecule has 0 saturated carbocycles.